The van der Waals surface area contributed by atoms with E-state index in [1.54, 1.807) is 11.8 Å². The van der Waals surface area contributed by atoms with Crippen LogP contribution in [-0.4, -0.2) is 58.6 Å². The minimum absolute atomic E-state index is 0.0222. The van der Waals surface area contributed by atoms with Crippen molar-refractivity contribution in [1.82, 2.24) is 10.3 Å². The van der Waals surface area contributed by atoms with E-state index in [2.05, 4.69) is 10.2 Å². The summed E-state index contributed by atoms with van der Waals surface area (Å²) in [4.78, 5) is 32.1. The highest BCUT2D eigenvalue weighted by Gasteiger charge is 2.57. The average Bonchev–Trinajstić information content (AvgIpc) is 3.33. The predicted molar refractivity (Wildman–Crippen MR) is 144 cm³/mol. The molecule has 214 valence electrons. The highest BCUT2D eigenvalue weighted by molar-refractivity contribution is 7.99. The summed E-state index contributed by atoms with van der Waals surface area (Å²) in [5, 5.41) is 13.7. The van der Waals surface area contributed by atoms with Crippen LogP contribution in [0.3, 0.4) is 0 Å². The Morgan fingerprint density at radius 2 is 1.87 bits per heavy atom. The van der Waals surface area contributed by atoms with Crippen LogP contribution in [0.25, 0.3) is 0 Å². The molecule has 0 spiro atoms. The Bertz CT molecular complexity index is 1060. The fraction of sp³-hybridized carbons (Fsp3) is 0.759. The normalized spacial score (nSPS) is 34.1. The first kappa shape index (κ1) is 27.2. The van der Waals surface area contributed by atoms with Gasteiger partial charge in [-0.15, -0.1) is 11.8 Å². The van der Waals surface area contributed by atoms with Crippen LogP contribution >= 0.6 is 11.8 Å². The molecule has 1 saturated heterocycles. The quantitative estimate of drug-likeness (QED) is 0.397. The molecule has 1 aromatic rings. The van der Waals surface area contributed by atoms with Gasteiger partial charge in [0.15, 0.2) is 0 Å². The molecule has 39 heavy (non-hydrogen) atoms. The molecule has 10 heteroatoms. The number of carbonyl (C=O) groups excluding carboxylic acids is 1. The Kier molecular flexibility index (Phi) is 7.79. The number of halogens is 2. The molecule has 5 aliphatic carbocycles. The fourth-order valence-electron chi connectivity index (χ4n) is 8.41. The summed E-state index contributed by atoms with van der Waals surface area (Å²) in [5.74, 6) is 0.742. The molecule has 2 unspecified atom stereocenters. The Balaban J connectivity index is 1.19. The van der Waals surface area contributed by atoms with E-state index < -0.39 is 18.2 Å². The van der Waals surface area contributed by atoms with Crippen molar-refractivity contribution in [1.29, 1.82) is 0 Å². The number of carboxylic acid groups (broad SMARTS) is 1. The lowest BCUT2D eigenvalue weighted by molar-refractivity contribution is -0.260. The van der Waals surface area contributed by atoms with Crippen molar-refractivity contribution in [2.24, 2.45) is 23.7 Å². The van der Waals surface area contributed by atoms with Crippen molar-refractivity contribution in [2.45, 2.75) is 106 Å². The van der Waals surface area contributed by atoms with E-state index in [0.29, 0.717) is 42.5 Å². The fourth-order valence-corrected chi connectivity index (χ4v) is 9.73. The molecule has 0 aromatic carbocycles. The van der Waals surface area contributed by atoms with E-state index in [0.717, 1.165) is 49.5 Å². The lowest BCUT2D eigenvalue weighted by Gasteiger charge is -2.59. The molecule has 3 atom stereocenters. The number of pyridine rings is 1. The molecule has 6 aliphatic rings. The number of rotatable bonds is 9. The summed E-state index contributed by atoms with van der Waals surface area (Å²) >= 11 is 1.70. The SMILES string of the molecule is O=C(O)C[C@@H]1CCN(c2ccc(C(=O)N[C@H]3C4CC5CC3C[C@@](OC(F)F)(C5)C4)c(SC3CCCCC3)n2)C1. The number of aliphatic carboxylic acids is 1. The molecule has 6 fully saturated rings. The van der Waals surface area contributed by atoms with Gasteiger partial charge in [0.25, 0.3) is 5.91 Å². The molecule has 0 radical (unpaired) electrons. The zero-order valence-electron chi connectivity index (χ0n) is 22.3. The number of amides is 1. The third-order valence-electron chi connectivity index (χ3n) is 9.85. The molecule has 2 N–H and O–H groups in total. The second kappa shape index (κ2) is 11.1. The first-order valence-electron chi connectivity index (χ1n) is 14.7. The van der Waals surface area contributed by atoms with Crippen molar-refractivity contribution >= 4 is 29.5 Å². The minimum Gasteiger partial charge on any atom is -0.481 e. The van der Waals surface area contributed by atoms with Crippen LogP contribution in [0, 0.1) is 23.7 Å². The lowest BCUT2D eigenvalue weighted by Crippen LogP contribution is -2.62. The smallest absolute Gasteiger partial charge is 0.345 e. The van der Waals surface area contributed by atoms with E-state index in [-0.39, 0.29) is 36.1 Å². The number of alkyl halides is 2. The number of thioether (sulfide) groups is 1. The highest BCUT2D eigenvalue weighted by atomic mass is 32.2. The van der Waals surface area contributed by atoms with E-state index in [1.165, 1.54) is 19.3 Å². The highest BCUT2D eigenvalue weighted by Crippen LogP contribution is 2.57. The van der Waals surface area contributed by atoms with E-state index in [9.17, 15) is 23.5 Å². The Labute approximate surface area is 232 Å². The molecule has 2 heterocycles. The topological polar surface area (TPSA) is 91.8 Å². The zero-order valence-corrected chi connectivity index (χ0v) is 23.1. The number of nitrogens with one attached hydrogen (secondary N) is 1. The van der Waals surface area contributed by atoms with Crippen molar-refractivity contribution in [2.75, 3.05) is 18.0 Å². The summed E-state index contributed by atoms with van der Waals surface area (Å²) in [6.45, 7) is -1.33. The second-order valence-electron chi connectivity index (χ2n) is 12.6. The zero-order chi connectivity index (χ0) is 27.1. The summed E-state index contributed by atoms with van der Waals surface area (Å²) in [6.07, 6.45) is 10.6. The monoisotopic (exact) mass is 563 g/mol. The van der Waals surface area contributed by atoms with Crippen LogP contribution in [0.2, 0.25) is 0 Å². The third kappa shape index (κ3) is 5.92. The Hall–Kier alpha value is -1.94. The maximum atomic E-state index is 13.8. The van der Waals surface area contributed by atoms with Crippen LogP contribution < -0.4 is 10.2 Å². The number of ether oxygens (including phenoxy) is 1. The van der Waals surface area contributed by atoms with Gasteiger partial charge in [0.1, 0.15) is 10.8 Å². The summed E-state index contributed by atoms with van der Waals surface area (Å²) in [6, 6.07) is 3.75. The minimum atomic E-state index is -2.76. The van der Waals surface area contributed by atoms with Gasteiger partial charge in [-0.05, 0) is 87.2 Å². The molecule has 5 saturated carbocycles. The Morgan fingerprint density at radius 1 is 1.13 bits per heavy atom. The summed E-state index contributed by atoms with van der Waals surface area (Å²) in [5.41, 5.74) is -0.145. The molecule has 7 nitrogen and oxygen atoms in total. The number of hydrogen-bond donors (Lipinski definition) is 2. The van der Waals surface area contributed by atoms with Crippen molar-refractivity contribution in [3.05, 3.63) is 17.7 Å². The van der Waals surface area contributed by atoms with Gasteiger partial charge in [-0.25, -0.2) is 4.98 Å². The van der Waals surface area contributed by atoms with Crippen molar-refractivity contribution < 1.29 is 28.2 Å². The summed E-state index contributed by atoms with van der Waals surface area (Å²) < 4.78 is 31.6. The third-order valence-corrected chi connectivity index (χ3v) is 11.2. The molecular weight excluding hydrogens is 524 g/mol. The van der Waals surface area contributed by atoms with Gasteiger partial charge in [0, 0.05) is 30.8 Å². The van der Waals surface area contributed by atoms with E-state index >= 15 is 0 Å². The predicted octanol–water partition coefficient (Wildman–Crippen LogP) is 5.72. The average molecular weight is 564 g/mol. The molecule has 1 aromatic heterocycles. The van der Waals surface area contributed by atoms with E-state index in [1.807, 2.05) is 12.1 Å². The van der Waals surface area contributed by atoms with Crippen molar-refractivity contribution in [3.63, 3.8) is 0 Å². The largest absolute Gasteiger partial charge is 0.481 e. The van der Waals surface area contributed by atoms with Crippen LogP contribution in [0.15, 0.2) is 17.2 Å². The number of hydrogen-bond acceptors (Lipinski definition) is 6. The van der Waals surface area contributed by atoms with Crippen LogP contribution in [-0.2, 0) is 9.53 Å². The van der Waals surface area contributed by atoms with Gasteiger partial charge in [0.2, 0.25) is 0 Å². The maximum Gasteiger partial charge on any atom is 0.345 e. The first-order valence-corrected chi connectivity index (χ1v) is 15.6. The van der Waals surface area contributed by atoms with Crippen LogP contribution in [0.1, 0.15) is 87.4 Å². The number of nitrogens with zero attached hydrogens (tertiary/aromatic N) is 2. The van der Waals surface area contributed by atoms with Gasteiger partial charge in [-0.1, -0.05) is 19.3 Å². The standard InChI is InChI=1S/C29H39F2N3O4S/c30-28(31)38-29-13-18-10-19(14-29)25(20(11-18)15-29)33-26(37)22-6-7-23(34-9-8-17(16-34)12-24(35)36)32-27(22)39-21-4-2-1-3-5-21/h6-7,17-21,25,28H,1-5,8-16H2,(H,33,37)(H,35,36)/t17-,18?,19?,20?,25-,29+/m0/s1. The Morgan fingerprint density at radius 3 is 2.56 bits per heavy atom. The number of aromatic nitrogens is 1. The summed E-state index contributed by atoms with van der Waals surface area (Å²) in [7, 11) is 0. The maximum absolute atomic E-state index is 13.8. The number of anilines is 1. The lowest BCUT2D eigenvalue weighted by atomic mass is 9.52. The molecule has 7 rings (SSSR count). The van der Waals surface area contributed by atoms with Gasteiger partial charge >= 0.3 is 12.6 Å². The van der Waals surface area contributed by atoms with Gasteiger partial charge < -0.3 is 20.1 Å². The van der Waals surface area contributed by atoms with Gasteiger partial charge in [-0.2, -0.15) is 8.78 Å². The molecular formula is C29H39F2N3O4S. The number of carboxylic acids is 1. The molecule has 1 amide bonds. The first-order chi connectivity index (χ1) is 18.8. The second-order valence-corrected chi connectivity index (χ2v) is 13.9. The number of carbonyl (C=O) groups is 2. The van der Waals surface area contributed by atoms with Crippen LogP contribution in [0.4, 0.5) is 14.6 Å². The molecule has 1 aliphatic heterocycles. The van der Waals surface area contributed by atoms with E-state index in [4.69, 9.17) is 9.72 Å². The van der Waals surface area contributed by atoms with Gasteiger partial charge in [0.05, 0.1) is 11.2 Å². The molecule has 4 bridgehead atoms. The van der Waals surface area contributed by atoms with Gasteiger partial charge in [-0.3, -0.25) is 9.59 Å². The van der Waals surface area contributed by atoms with Crippen molar-refractivity contribution in [3.8, 4) is 0 Å². The van der Waals surface area contributed by atoms with Crippen LogP contribution in [0.5, 0.6) is 0 Å².